The van der Waals surface area contributed by atoms with Crippen LogP contribution in [0, 0.1) is 28.8 Å². The average Bonchev–Trinajstić information content (AvgIpc) is 3.36. The summed E-state index contributed by atoms with van der Waals surface area (Å²) in [5.74, 6) is -7.25. The highest BCUT2D eigenvalue weighted by molar-refractivity contribution is 7.98. The van der Waals surface area contributed by atoms with E-state index in [2.05, 4.69) is 20.5 Å². The molecule has 4 aromatic rings. The van der Waals surface area contributed by atoms with E-state index in [4.69, 9.17) is 5.26 Å². The number of benzene rings is 2. The van der Waals surface area contributed by atoms with Gasteiger partial charge in [-0.15, -0.1) is 16.9 Å². The second kappa shape index (κ2) is 10.00. The van der Waals surface area contributed by atoms with Crippen LogP contribution in [0.15, 0.2) is 66.0 Å². The topological polar surface area (TPSA) is 101 Å². The van der Waals surface area contributed by atoms with Gasteiger partial charge in [-0.05, 0) is 52.4 Å². The van der Waals surface area contributed by atoms with Crippen molar-refractivity contribution in [1.29, 1.82) is 5.26 Å². The highest BCUT2D eigenvalue weighted by Crippen LogP contribution is 2.47. The van der Waals surface area contributed by atoms with E-state index in [0.717, 1.165) is 47.0 Å². The van der Waals surface area contributed by atoms with Crippen molar-refractivity contribution in [3.63, 3.8) is 0 Å². The average molecular weight is 518 g/mol. The molecule has 1 atom stereocenters. The van der Waals surface area contributed by atoms with Gasteiger partial charge < -0.3 is 5.11 Å². The van der Waals surface area contributed by atoms with Gasteiger partial charge in [-0.3, -0.25) is 0 Å². The number of nitriles is 1. The van der Waals surface area contributed by atoms with Crippen molar-refractivity contribution in [2.75, 3.05) is 0 Å². The number of aliphatic hydroxyl groups is 1. The minimum absolute atomic E-state index is 0.0149. The number of rotatable bonds is 8. The van der Waals surface area contributed by atoms with Crippen LogP contribution in [0.3, 0.4) is 0 Å². The number of alkyl halides is 2. The molecule has 1 unspecified atom stereocenters. The summed E-state index contributed by atoms with van der Waals surface area (Å²) in [6.45, 7) is -0.981. The zero-order chi connectivity index (χ0) is 25.9. The van der Waals surface area contributed by atoms with Crippen LogP contribution in [0.1, 0.15) is 22.4 Å². The largest absolute Gasteiger partial charge is 0.377 e. The van der Waals surface area contributed by atoms with Crippen LogP contribution in [-0.2, 0) is 23.8 Å². The Morgan fingerprint density at radius 2 is 1.83 bits per heavy atom. The number of aromatic nitrogens is 5. The van der Waals surface area contributed by atoms with E-state index < -0.39 is 46.8 Å². The molecule has 4 rings (SSSR count). The van der Waals surface area contributed by atoms with Crippen LogP contribution in [0.4, 0.5) is 22.0 Å². The Morgan fingerprint density at radius 1 is 1.03 bits per heavy atom. The first-order valence-corrected chi connectivity index (χ1v) is 11.2. The molecular weight excluding hydrogens is 503 g/mol. The number of halogens is 5. The second-order valence-corrected chi connectivity index (χ2v) is 8.63. The van der Waals surface area contributed by atoms with Gasteiger partial charge in [0.15, 0.2) is 5.60 Å². The third kappa shape index (κ3) is 4.91. The number of nitrogens with zero attached hydrogens (tertiary/aromatic N) is 6. The fourth-order valence-electron chi connectivity index (χ4n) is 3.43. The lowest BCUT2D eigenvalue weighted by molar-refractivity contribution is -0.208. The molecule has 184 valence electrons. The van der Waals surface area contributed by atoms with E-state index in [9.17, 15) is 18.3 Å². The summed E-state index contributed by atoms with van der Waals surface area (Å²) in [6, 6.07) is 11.1. The number of hydrogen-bond acceptors (Lipinski definition) is 7. The van der Waals surface area contributed by atoms with E-state index in [1.807, 2.05) is 6.07 Å². The molecule has 0 radical (unpaired) electrons. The minimum atomic E-state index is -4.21. The van der Waals surface area contributed by atoms with Crippen molar-refractivity contribution in [3.05, 3.63) is 101 Å². The molecule has 0 fully saturated rings. The van der Waals surface area contributed by atoms with Crippen LogP contribution >= 0.6 is 11.8 Å². The zero-order valence-electron chi connectivity index (χ0n) is 18.1. The number of thioether (sulfide) groups is 1. The maximum absolute atomic E-state index is 15.9. The molecular formula is C23H15F5N6OS. The van der Waals surface area contributed by atoms with Crippen molar-refractivity contribution in [3.8, 4) is 6.07 Å². The Bertz CT molecular complexity index is 1430. The van der Waals surface area contributed by atoms with Crippen molar-refractivity contribution in [2.24, 2.45) is 0 Å². The number of hydrogen-bond donors (Lipinski definition) is 1. The lowest BCUT2D eigenvalue weighted by Crippen LogP contribution is -2.48. The lowest BCUT2D eigenvalue weighted by Gasteiger charge is -2.35. The molecule has 0 amide bonds. The molecule has 0 aliphatic carbocycles. The molecule has 0 spiro atoms. The molecule has 0 aliphatic rings. The van der Waals surface area contributed by atoms with Crippen molar-refractivity contribution >= 4 is 11.8 Å². The maximum atomic E-state index is 15.9. The number of tetrazole rings is 1. The summed E-state index contributed by atoms with van der Waals surface area (Å²) >= 11 is 0.938. The Labute approximate surface area is 205 Å². The second-order valence-electron chi connectivity index (χ2n) is 7.63. The normalized spacial score (nSPS) is 13.2. The molecule has 2 heterocycles. The van der Waals surface area contributed by atoms with Gasteiger partial charge in [0.1, 0.15) is 29.5 Å². The van der Waals surface area contributed by atoms with Gasteiger partial charge in [-0.25, -0.2) is 22.8 Å². The molecule has 36 heavy (non-hydrogen) atoms. The summed E-state index contributed by atoms with van der Waals surface area (Å²) in [6.07, 6.45) is 0.953. The van der Waals surface area contributed by atoms with Gasteiger partial charge >= 0.3 is 5.92 Å². The predicted octanol–water partition coefficient (Wildman–Crippen LogP) is 4.33. The summed E-state index contributed by atoms with van der Waals surface area (Å²) in [4.78, 5) is 3.91. The zero-order valence-corrected chi connectivity index (χ0v) is 18.9. The van der Waals surface area contributed by atoms with E-state index in [0.29, 0.717) is 6.07 Å². The molecule has 1 N–H and O–H groups in total. The van der Waals surface area contributed by atoms with Gasteiger partial charge in [0, 0.05) is 17.4 Å². The SMILES string of the molecule is N#Cc1ccc(CSc2cccc(C(F)(F)C(O)(Cn3cnnn3)c3ccc(F)cc3F)n2)c(F)c1. The molecule has 7 nitrogen and oxygen atoms in total. The first-order chi connectivity index (χ1) is 17.1. The maximum Gasteiger partial charge on any atom is 0.323 e. The van der Waals surface area contributed by atoms with Gasteiger partial charge in [0.05, 0.1) is 23.2 Å². The number of pyridine rings is 1. The minimum Gasteiger partial charge on any atom is -0.377 e. The van der Waals surface area contributed by atoms with Crippen LogP contribution in [0.5, 0.6) is 0 Å². The van der Waals surface area contributed by atoms with Crippen LogP contribution in [0.2, 0.25) is 0 Å². The standard InChI is InChI=1S/C23H15F5N6OS/c24-16-6-7-17(19(26)9-16)22(35,12-34-13-30-32-33-34)23(27,28)20-2-1-3-21(31-20)36-11-15-5-4-14(10-29)8-18(15)25/h1-9,13,35H,11-12H2. The van der Waals surface area contributed by atoms with E-state index in [-0.39, 0.29) is 21.9 Å². The predicted molar refractivity (Wildman–Crippen MR) is 117 cm³/mol. The van der Waals surface area contributed by atoms with Crippen LogP contribution < -0.4 is 0 Å². The first-order valence-electron chi connectivity index (χ1n) is 10.2. The highest BCUT2D eigenvalue weighted by atomic mass is 32.2. The van der Waals surface area contributed by atoms with E-state index >= 15 is 8.78 Å². The molecule has 2 aromatic heterocycles. The Hall–Kier alpha value is -3.89. The molecule has 0 saturated carbocycles. The summed E-state index contributed by atoms with van der Waals surface area (Å²) in [5.41, 5.74) is -4.70. The highest BCUT2D eigenvalue weighted by Gasteiger charge is 2.58. The molecule has 0 saturated heterocycles. The van der Waals surface area contributed by atoms with Crippen LogP contribution in [-0.4, -0.2) is 30.3 Å². The molecule has 0 aliphatic heterocycles. The van der Waals surface area contributed by atoms with Gasteiger partial charge in [0.2, 0.25) is 0 Å². The van der Waals surface area contributed by atoms with Crippen molar-refractivity contribution in [1.82, 2.24) is 25.2 Å². The van der Waals surface area contributed by atoms with Crippen molar-refractivity contribution < 1.29 is 27.1 Å². The van der Waals surface area contributed by atoms with E-state index in [1.54, 1.807) is 0 Å². The Balaban J connectivity index is 1.68. The third-order valence-electron chi connectivity index (χ3n) is 5.28. The lowest BCUT2D eigenvalue weighted by atomic mass is 9.84. The molecule has 2 aromatic carbocycles. The van der Waals surface area contributed by atoms with Crippen LogP contribution in [0.25, 0.3) is 0 Å². The summed E-state index contributed by atoms with van der Waals surface area (Å²) in [7, 11) is 0. The fraction of sp³-hybridized carbons (Fsp3) is 0.174. The Kier molecular flexibility index (Phi) is 7.00. The van der Waals surface area contributed by atoms with Gasteiger partial charge in [-0.1, -0.05) is 12.1 Å². The summed E-state index contributed by atoms with van der Waals surface area (Å²) in [5, 5.41) is 30.3. The summed E-state index contributed by atoms with van der Waals surface area (Å²) < 4.78 is 74.9. The smallest absolute Gasteiger partial charge is 0.323 e. The van der Waals surface area contributed by atoms with Gasteiger partial charge in [-0.2, -0.15) is 14.0 Å². The van der Waals surface area contributed by atoms with Gasteiger partial charge in [0.25, 0.3) is 0 Å². The quantitative estimate of drug-likeness (QED) is 0.274. The fourth-order valence-corrected chi connectivity index (χ4v) is 4.31. The molecule has 0 bridgehead atoms. The van der Waals surface area contributed by atoms with E-state index in [1.165, 1.54) is 24.3 Å². The Morgan fingerprint density at radius 3 is 2.50 bits per heavy atom. The monoisotopic (exact) mass is 518 g/mol. The van der Waals surface area contributed by atoms with Crippen molar-refractivity contribution in [2.45, 2.75) is 28.8 Å². The third-order valence-corrected chi connectivity index (χ3v) is 6.26. The molecule has 13 heteroatoms. The first kappa shape index (κ1) is 25.2.